The van der Waals surface area contributed by atoms with Gasteiger partial charge in [-0.1, -0.05) is 42.5 Å². The maximum Gasteiger partial charge on any atom is 0.222 e. The lowest BCUT2D eigenvalue weighted by Gasteiger charge is -2.40. The van der Waals surface area contributed by atoms with Gasteiger partial charge < -0.3 is 0 Å². The molecule has 0 N–H and O–H groups in total. The molecular weight excluding hydrogens is 278 g/mol. The van der Waals surface area contributed by atoms with Gasteiger partial charge in [-0.25, -0.2) is 0 Å². The van der Waals surface area contributed by atoms with Crippen LogP contribution in [0, 0.1) is 0 Å². The predicted molar refractivity (Wildman–Crippen MR) is 87.4 cm³/mol. The van der Waals surface area contributed by atoms with Gasteiger partial charge in [0.05, 0.1) is 0 Å². The number of nitrogens with zero attached hydrogens (tertiary/aromatic N) is 3. The van der Waals surface area contributed by atoms with E-state index in [1.807, 2.05) is 18.2 Å². The molecule has 0 unspecified atom stereocenters. The number of thiocarbonyl (C=S) groups is 1. The van der Waals surface area contributed by atoms with Gasteiger partial charge in [-0.05, 0) is 49.2 Å². The van der Waals surface area contributed by atoms with Gasteiger partial charge in [0, 0.05) is 11.3 Å². The molecule has 2 aromatic rings. The Kier molecular flexibility index (Phi) is 2.86. The highest BCUT2D eigenvalue weighted by Crippen LogP contribution is 2.46. The van der Waals surface area contributed by atoms with E-state index in [0.29, 0.717) is 5.11 Å². The molecule has 1 atom stereocenters. The molecule has 3 nitrogen and oxygen atoms in total. The molecule has 1 heterocycles. The van der Waals surface area contributed by atoms with Crippen molar-refractivity contribution in [2.45, 2.75) is 24.9 Å². The van der Waals surface area contributed by atoms with Crippen molar-refractivity contribution in [2.24, 2.45) is 10.2 Å². The summed E-state index contributed by atoms with van der Waals surface area (Å²) < 4.78 is 0. The van der Waals surface area contributed by atoms with Crippen LogP contribution in [0.15, 0.2) is 64.8 Å². The van der Waals surface area contributed by atoms with Crippen LogP contribution in [0.2, 0.25) is 0 Å². The predicted octanol–water partition coefficient (Wildman–Crippen LogP) is 4.43. The molecule has 0 saturated carbocycles. The lowest BCUT2D eigenvalue weighted by atomic mass is 9.82. The standard InChI is InChI=1S/C17H15N3S/c21-16-18-19-17(20(16)14-9-2-1-3-10-14)12-6-8-13-7-4-5-11-15(13)17/h1-5,7,9-11H,6,8,12H2/t17-/m0/s1. The average Bonchev–Trinajstić information content (AvgIpc) is 2.86. The van der Waals surface area contributed by atoms with Crippen molar-refractivity contribution in [3.63, 3.8) is 0 Å². The second kappa shape index (κ2) is 4.74. The maximum atomic E-state index is 5.47. The third-order valence-electron chi connectivity index (χ3n) is 4.30. The Bertz CT molecular complexity index is 726. The molecule has 4 rings (SSSR count). The first kappa shape index (κ1) is 12.7. The van der Waals surface area contributed by atoms with E-state index < -0.39 is 5.66 Å². The number of azo groups is 1. The summed E-state index contributed by atoms with van der Waals surface area (Å²) in [6, 6.07) is 18.7. The van der Waals surface area contributed by atoms with Gasteiger partial charge >= 0.3 is 0 Å². The molecule has 0 fully saturated rings. The van der Waals surface area contributed by atoms with E-state index >= 15 is 0 Å². The highest BCUT2D eigenvalue weighted by Gasteiger charge is 2.47. The average molecular weight is 293 g/mol. The molecule has 0 bridgehead atoms. The largest absolute Gasteiger partial charge is 0.285 e. The van der Waals surface area contributed by atoms with Crippen LogP contribution in [-0.2, 0) is 12.1 Å². The molecule has 0 radical (unpaired) electrons. The Morgan fingerprint density at radius 3 is 2.62 bits per heavy atom. The SMILES string of the molecule is S=C1N=N[C@@]2(CCCc3ccccc32)N1c1ccccc1. The van der Waals surface area contributed by atoms with Crippen LogP contribution in [0.4, 0.5) is 5.69 Å². The minimum atomic E-state index is -0.451. The lowest BCUT2D eigenvalue weighted by Crippen LogP contribution is -2.45. The molecule has 2 aromatic carbocycles. The summed E-state index contributed by atoms with van der Waals surface area (Å²) in [6.45, 7) is 0. The third kappa shape index (κ3) is 1.83. The quantitative estimate of drug-likeness (QED) is 0.727. The topological polar surface area (TPSA) is 28.0 Å². The van der Waals surface area contributed by atoms with E-state index in [4.69, 9.17) is 12.2 Å². The van der Waals surface area contributed by atoms with E-state index in [0.717, 1.165) is 24.9 Å². The van der Waals surface area contributed by atoms with E-state index in [9.17, 15) is 0 Å². The van der Waals surface area contributed by atoms with Gasteiger partial charge in [0.15, 0.2) is 5.66 Å². The second-order valence-corrected chi connectivity index (χ2v) is 5.85. The Morgan fingerprint density at radius 2 is 1.76 bits per heavy atom. The van der Waals surface area contributed by atoms with Crippen LogP contribution in [0.1, 0.15) is 24.0 Å². The summed E-state index contributed by atoms with van der Waals surface area (Å²) in [5, 5.41) is 9.42. The van der Waals surface area contributed by atoms with Crippen molar-refractivity contribution >= 4 is 23.0 Å². The number of anilines is 1. The zero-order valence-electron chi connectivity index (χ0n) is 11.6. The fraction of sp³-hybridized carbons (Fsp3) is 0.235. The molecule has 1 aliphatic carbocycles. The van der Waals surface area contributed by atoms with E-state index in [2.05, 4.69) is 51.5 Å². The fourth-order valence-electron chi connectivity index (χ4n) is 3.40. The summed E-state index contributed by atoms with van der Waals surface area (Å²) >= 11 is 5.47. The molecule has 1 spiro atoms. The Hall–Kier alpha value is -2.07. The van der Waals surface area contributed by atoms with Gasteiger partial charge in [0.1, 0.15) is 0 Å². The number of hydrogen-bond acceptors (Lipinski definition) is 2. The normalized spacial score (nSPS) is 23.6. The summed E-state index contributed by atoms with van der Waals surface area (Å²) in [4.78, 5) is 2.11. The molecule has 2 aliphatic rings. The number of aryl methyl sites for hydroxylation is 1. The summed E-state index contributed by atoms with van der Waals surface area (Å²) in [5.74, 6) is 0. The fourth-order valence-corrected chi connectivity index (χ4v) is 3.70. The van der Waals surface area contributed by atoms with Crippen molar-refractivity contribution in [3.8, 4) is 0 Å². The minimum absolute atomic E-state index is 0.451. The number of para-hydroxylation sites is 1. The van der Waals surface area contributed by atoms with E-state index in [-0.39, 0.29) is 0 Å². The van der Waals surface area contributed by atoms with Crippen molar-refractivity contribution in [2.75, 3.05) is 4.90 Å². The molecule has 0 aromatic heterocycles. The van der Waals surface area contributed by atoms with Crippen LogP contribution < -0.4 is 4.90 Å². The highest BCUT2D eigenvalue weighted by atomic mass is 32.1. The Morgan fingerprint density at radius 1 is 1.00 bits per heavy atom. The van der Waals surface area contributed by atoms with Gasteiger partial charge in [-0.3, -0.25) is 4.90 Å². The van der Waals surface area contributed by atoms with E-state index in [1.165, 1.54) is 11.1 Å². The summed E-state index contributed by atoms with van der Waals surface area (Å²) in [6.07, 6.45) is 3.15. The molecule has 21 heavy (non-hydrogen) atoms. The molecule has 104 valence electrons. The highest BCUT2D eigenvalue weighted by molar-refractivity contribution is 7.80. The number of hydrogen-bond donors (Lipinski definition) is 0. The van der Waals surface area contributed by atoms with Gasteiger partial charge in [-0.15, -0.1) is 5.11 Å². The first-order valence-corrected chi connectivity index (χ1v) is 7.63. The van der Waals surface area contributed by atoms with Crippen LogP contribution in [0.25, 0.3) is 0 Å². The van der Waals surface area contributed by atoms with Crippen molar-refractivity contribution < 1.29 is 0 Å². The zero-order chi connectivity index (χ0) is 14.3. The lowest BCUT2D eigenvalue weighted by molar-refractivity contribution is 0.392. The Balaban J connectivity index is 1.91. The van der Waals surface area contributed by atoms with E-state index in [1.54, 1.807) is 0 Å². The maximum absolute atomic E-state index is 5.47. The monoisotopic (exact) mass is 293 g/mol. The molecule has 0 amide bonds. The van der Waals surface area contributed by atoms with Crippen LogP contribution in [-0.4, -0.2) is 5.11 Å². The number of fused-ring (bicyclic) bond motifs is 2. The summed E-state index contributed by atoms with van der Waals surface area (Å²) in [7, 11) is 0. The molecular formula is C17H15N3S. The minimum Gasteiger partial charge on any atom is -0.285 e. The third-order valence-corrected chi connectivity index (χ3v) is 4.56. The first-order chi connectivity index (χ1) is 10.3. The summed E-state index contributed by atoms with van der Waals surface area (Å²) in [5.41, 5.74) is 3.20. The second-order valence-electron chi connectivity index (χ2n) is 5.48. The molecule has 1 aliphatic heterocycles. The van der Waals surface area contributed by atoms with Gasteiger partial charge in [0.2, 0.25) is 5.11 Å². The van der Waals surface area contributed by atoms with Crippen molar-refractivity contribution in [3.05, 3.63) is 65.7 Å². The van der Waals surface area contributed by atoms with Crippen LogP contribution >= 0.6 is 12.2 Å². The zero-order valence-corrected chi connectivity index (χ0v) is 12.4. The molecule has 0 saturated heterocycles. The van der Waals surface area contributed by atoms with Gasteiger partial charge in [-0.2, -0.15) is 5.11 Å². The number of benzene rings is 2. The Labute approximate surface area is 129 Å². The molecule has 4 heteroatoms. The van der Waals surface area contributed by atoms with Crippen molar-refractivity contribution in [1.82, 2.24) is 0 Å². The smallest absolute Gasteiger partial charge is 0.222 e. The van der Waals surface area contributed by atoms with Crippen molar-refractivity contribution in [1.29, 1.82) is 0 Å². The van der Waals surface area contributed by atoms with Crippen LogP contribution in [0.5, 0.6) is 0 Å². The van der Waals surface area contributed by atoms with Crippen LogP contribution in [0.3, 0.4) is 0 Å². The first-order valence-electron chi connectivity index (χ1n) is 7.22. The van der Waals surface area contributed by atoms with Gasteiger partial charge in [0.25, 0.3) is 0 Å². The number of rotatable bonds is 1.